The molecule has 0 radical (unpaired) electrons. The molecular weight excluding hydrogens is 287 g/mol. The van der Waals surface area contributed by atoms with Crippen molar-refractivity contribution < 1.29 is 4.39 Å². The van der Waals surface area contributed by atoms with E-state index in [9.17, 15) is 9.18 Å². The second kappa shape index (κ2) is 6.63. The Bertz CT molecular complexity index is 707. The van der Waals surface area contributed by atoms with Crippen LogP contribution in [0, 0.1) is 5.82 Å². The van der Waals surface area contributed by atoms with Crippen molar-refractivity contribution in [2.24, 2.45) is 5.73 Å². The Morgan fingerprint density at radius 1 is 1.24 bits per heavy atom. The van der Waals surface area contributed by atoms with Crippen LogP contribution in [0.2, 0.25) is 0 Å². The van der Waals surface area contributed by atoms with Gasteiger partial charge in [0.05, 0.1) is 11.3 Å². The highest BCUT2D eigenvalue weighted by molar-refractivity contribution is 7.80. The van der Waals surface area contributed by atoms with Crippen molar-refractivity contribution in [2.75, 3.05) is 0 Å². The van der Waals surface area contributed by atoms with Gasteiger partial charge in [0, 0.05) is 6.54 Å². The predicted molar refractivity (Wildman–Crippen MR) is 86.9 cm³/mol. The summed E-state index contributed by atoms with van der Waals surface area (Å²) in [5.74, 6) is -0.305. The van der Waals surface area contributed by atoms with E-state index >= 15 is 0 Å². The molecule has 0 saturated carbocycles. The van der Waals surface area contributed by atoms with Crippen molar-refractivity contribution in [3.63, 3.8) is 0 Å². The fraction of sp³-hybridized carbons (Fsp3) is 0.250. The first-order chi connectivity index (χ1) is 10.0. The number of unbranched alkanes of at least 4 members (excludes halogenated alkanes) is 1. The molecule has 5 heteroatoms. The van der Waals surface area contributed by atoms with E-state index in [1.54, 1.807) is 28.8 Å². The van der Waals surface area contributed by atoms with E-state index in [0.29, 0.717) is 12.1 Å². The first-order valence-electron chi connectivity index (χ1n) is 6.84. The molecule has 1 aromatic carbocycles. The SMILES string of the molecule is CCCCn1c(-c2ccc(F)cc2)ccc(C(N)=S)c1=O. The van der Waals surface area contributed by atoms with E-state index in [0.717, 1.165) is 24.1 Å². The fourth-order valence-electron chi connectivity index (χ4n) is 2.18. The highest BCUT2D eigenvalue weighted by atomic mass is 32.1. The maximum absolute atomic E-state index is 13.1. The summed E-state index contributed by atoms with van der Waals surface area (Å²) in [7, 11) is 0. The minimum Gasteiger partial charge on any atom is -0.389 e. The minimum absolute atomic E-state index is 0.0934. The van der Waals surface area contributed by atoms with Crippen molar-refractivity contribution in [3.05, 3.63) is 58.1 Å². The molecule has 110 valence electrons. The van der Waals surface area contributed by atoms with Crippen LogP contribution in [0.25, 0.3) is 11.3 Å². The second-order valence-electron chi connectivity index (χ2n) is 4.81. The zero-order chi connectivity index (χ0) is 15.4. The van der Waals surface area contributed by atoms with Gasteiger partial charge in [0.2, 0.25) is 0 Å². The molecule has 2 N–H and O–H groups in total. The van der Waals surface area contributed by atoms with Crippen LogP contribution >= 0.6 is 12.2 Å². The van der Waals surface area contributed by atoms with E-state index in [2.05, 4.69) is 6.92 Å². The average molecular weight is 304 g/mol. The van der Waals surface area contributed by atoms with Crippen LogP contribution in [0.3, 0.4) is 0 Å². The minimum atomic E-state index is -0.305. The summed E-state index contributed by atoms with van der Waals surface area (Å²) in [5, 5.41) is 0. The van der Waals surface area contributed by atoms with Crippen LogP contribution in [-0.2, 0) is 6.54 Å². The number of hydrogen-bond acceptors (Lipinski definition) is 2. The number of halogens is 1. The summed E-state index contributed by atoms with van der Waals surface area (Å²) in [6.45, 7) is 2.64. The van der Waals surface area contributed by atoms with E-state index in [1.165, 1.54) is 12.1 Å². The molecule has 3 nitrogen and oxygen atoms in total. The van der Waals surface area contributed by atoms with Crippen LogP contribution < -0.4 is 11.3 Å². The molecule has 0 fully saturated rings. The lowest BCUT2D eigenvalue weighted by Gasteiger charge is -2.14. The topological polar surface area (TPSA) is 48.0 Å². The van der Waals surface area contributed by atoms with Gasteiger partial charge in [-0.05, 0) is 48.4 Å². The highest BCUT2D eigenvalue weighted by Gasteiger charge is 2.11. The standard InChI is InChI=1S/C16H17FN2OS/c1-2-3-10-19-14(11-4-6-12(17)7-5-11)9-8-13(15(18)21)16(19)20/h4-9H,2-3,10H2,1H3,(H2,18,21). The average Bonchev–Trinajstić information content (AvgIpc) is 2.46. The second-order valence-corrected chi connectivity index (χ2v) is 5.25. The summed E-state index contributed by atoms with van der Waals surface area (Å²) in [6, 6.07) is 9.52. The maximum atomic E-state index is 13.1. The van der Waals surface area contributed by atoms with E-state index in [1.807, 2.05) is 0 Å². The van der Waals surface area contributed by atoms with Crippen LogP contribution in [0.1, 0.15) is 25.3 Å². The van der Waals surface area contributed by atoms with Gasteiger partial charge in [0.25, 0.3) is 5.56 Å². The van der Waals surface area contributed by atoms with Crippen LogP contribution in [0.15, 0.2) is 41.2 Å². The molecule has 1 aromatic heterocycles. The van der Waals surface area contributed by atoms with Gasteiger partial charge in [0.15, 0.2) is 0 Å². The lowest BCUT2D eigenvalue weighted by atomic mass is 10.1. The zero-order valence-corrected chi connectivity index (χ0v) is 12.6. The van der Waals surface area contributed by atoms with Crippen LogP contribution in [-0.4, -0.2) is 9.56 Å². The summed E-state index contributed by atoms with van der Waals surface area (Å²) >= 11 is 4.91. The number of nitrogens with two attached hydrogens (primary N) is 1. The summed E-state index contributed by atoms with van der Waals surface area (Å²) in [4.78, 5) is 12.6. The highest BCUT2D eigenvalue weighted by Crippen LogP contribution is 2.19. The number of benzene rings is 1. The number of thiocarbonyl (C=S) groups is 1. The molecule has 0 aliphatic rings. The van der Waals surface area contributed by atoms with Crippen LogP contribution in [0.5, 0.6) is 0 Å². The number of pyridine rings is 1. The Labute approximate surface area is 128 Å². The molecule has 0 atom stereocenters. The normalized spacial score (nSPS) is 10.6. The van der Waals surface area contributed by atoms with Crippen LogP contribution in [0.4, 0.5) is 4.39 Å². The van der Waals surface area contributed by atoms with Crippen molar-refractivity contribution in [1.82, 2.24) is 4.57 Å². The Hall–Kier alpha value is -2.01. The Kier molecular flexibility index (Phi) is 4.85. The zero-order valence-electron chi connectivity index (χ0n) is 11.8. The summed E-state index contributed by atoms with van der Waals surface area (Å²) in [5.41, 5.74) is 7.27. The molecule has 0 aliphatic heterocycles. The van der Waals surface area contributed by atoms with Crippen molar-refractivity contribution in [2.45, 2.75) is 26.3 Å². The van der Waals surface area contributed by atoms with Gasteiger partial charge >= 0.3 is 0 Å². The molecule has 0 saturated heterocycles. The van der Waals surface area contributed by atoms with Crippen molar-refractivity contribution >= 4 is 17.2 Å². The van der Waals surface area contributed by atoms with Gasteiger partial charge in [-0.15, -0.1) is 0 Å². The van der Waals surface area contributed by atoms with E-state index in [4.69, 9.17) is 18.0 Å². The lowest BCUT2D eigenvalue weighted by Crippen LogP contribution is -2.30. The third-order valence-corrected chi connectivity index (χ3v) is 3.53. The van der Waals surface area contributed by atoms with E-state index in [-0.39, 0.29) is 16.4 Å². The third-order valence-electron chi connectivity index (χ3n) is 3.31. The molecule has 2 rings (SSSR count). The van der Waals surface area contributed by atoms with Gasteiger partial charge in [-0.2, -0.15) is 0 Å². The van der Waals surface area contributed by atoms with Gasteiger partial charge in [-0.25, -0.2) is 4.39 Å². The molecule has 0 spiro atoms. The Morgan fingerprint density at radius 2 is 1.90 bits per heavy atom. The Morgan fingerprint density at radius 3 is 2.48 bits per heavy atom. The fourth-order valence-corrected chi connectivity index (χ4v) is 2.33. The number of nitrogens with zero attached hydrogens (tertiary/aromatic N) is 1. The molecule has 21 heavy (non-hydrogen) atoms. The number of aromatic nitrogens is 1. The molecule has 0 aliphatic carbocycles. The van der Waals surface area contributed by atoms with Crippen molar-refractivity contribution in [3.8, 4) is 11.3 Å². The van der Waals surface area contributed by atoms with Gasteiger partial charge in [-0.3, -0.25) is 4.79 Å². The summed E-state index contributed by atoms with van der Waals surface area (Å²) in [6.07, 6.45) is 1.83. The predicted octanol–water partition coefficient (Wildman–Crippen LogP) is 3.09. The third kappa shape index (κ3) is 3.36. The molecule has 0 bridgehead atoms. The van der Waals surface area contributed by atoms with Crippen molar-refractivity contribution in [1.29, 1.82) is 0 Å². The Balaban J connectivity index is 2.59. The first-order valence-corrected chi connectivity index (χ1v) is 7.25. The number of rotatable bonds is 5. The largest absolute Gasteiger partial charge is 0.389 e. The molecule has 0 amide bonds. The molecule has 0 unspecified atom stereocenters. The first kappa shape index (κ1) is 15.4. The molecular formula is C16H17FN2OS. The van der Waals surface area contributed by atoms with Gasteiger partial charge in [-0.1, -0.05) is 25.6 Å². The molecule has 2 aromatic rings. The summed E-state index contributed by atoms with van der Waals surface area (Å²) < 4.78 is 14.7. The van der Waals surface area contributed by atoms with Gasteiger partial charge in [0.1, 0.15) is 10.8 Å². The lowest BCUT2D eigenvalue weighted by molar-refractivity contribution is 0.616. The quantitative estimate of drug-likeness (QED) is 0.864. The number of hydrogen-bond donors (Lipinski definition) is 1. The van der Waals surface area contributed by atoms with Gasteiger partial charge < -0.3 is 10.3 Å². The smallest absolute Gasteiger partial charge is 0.261 e. The maximum Gasteiger partial charge on any atom is 0.261 e. The molecule has 1 heterocycles. The van der Waals surface area contributed by atoms with E-state index < -0.39 is 0 Å². The monoisotopic (exact) mass is 304 g/mol.